The van der Waals surface area contributed by atoms with Crippen LogP contribution in [0.3, 0.4) is 0 Å². The summed E-state index contributed by atoms with van der Waals surface area (Å²) in [4.78, 5) is 11.6. The molecule has 0 radical (unpaired) electrons. The Labute approximate surface area is 186 Å². The highest BCUT2D eigenvalue weighted by molar-refractivity contribution is 6.99. The molecule has 3 aromatic rings. The van der Waals surface area contributed by atoms with Crippen LogP contribution in [0.2, 0.25) is 5.04 Å². The smallest absolute Gasteiger partial charge is 0.337 e. The van der Waals surface area contributed by atoms with E-state index in [1.54, 1.807) is 12.1 Å². The first kappa shape index (κ1) is 22.7. The summed E-state index contributed by atoms with van der Waals surface area (Å²) < 4.78 is 11.6. The average molecular weight is 431 g/mol. The maximum Gasteiger partial charge on any atom is 0.337 e. The van der Waals surface area contributed by atoms with E-state index in [4.69, 9.17) is 9.16 Å². The predicted molar refractivity (Wildman–Crippen MR) is 130 cm³/mol. The summed E-state index contributed by atoms with van der Waals surface area (Å²) in [5.74, 6) is -0.328. The number of ether oxygens (including phenoxy) is 1. The summed E-state index contributed by atoms with van der Waals surface area (Å²) in [5, 5.41) is 2.49. The fraction of sp³-hybridized carbons (Fsp3) is 0.222. The third kappa shape index (κ3) is 5.04. The van der Waals surface area contributed by atoms with Crippen molar-refractivity contribution in [1.29, 1.82) is 0 Å². The summed E-state index contributed by atoms with van der Waals surface area (Å²) in [6, 6.07) is 28.6. The van der Waals surface area contributed by atoms with Gasteiger partial charge in [0.15, 0.2) is 0 Å². The normalized spacial score (nSPS) is 12.1. The zero-order chi connectivity index (χ0) is 22.3. The van der Waals surface area contributed by atoms with E-state index < -0.39 is 8.32 Å². The van der Waals surface area contributed by atoms with Gasteiger partial charge in [0.05, 0.1) is 19.3 Å². The van der Waals surface area contributed by atoms with Gasteiger partial charge >= 0.3 is 5.97 Å². The Bertz CT molecular complexity index is 964. The van der Waals surface area contributed by atoms with Gasteiger partial charge in [0, 0.05) is 0 Å². The van der Waals surface area contributed by atoms with E-state index in [-0.39, 0.29) is 11.0 Å². The minimum absolute atomic E-state index is 0.0499. The van der Waals surface area contributed by atoms with E-state index in [1.807, 2.05) is 36.4 Å². The van der Waals surface area contributed by atoms with E-state index in [2.05, 4.69) is 69.3 Å². The molecule has 0 saturated carbocycles. The molecule has 0 aliphatic heterocycles. The molecule has 31 heavy (non-hydrogen) atoms. The maximum absolute atomic E-state index is 11.6. The van der Waals surface area contributed by atoms with Crippen LogP contribution in [0.25, 0.3) is 6.08 Å². The lowest BCUT2D eigenvalue weighted by Gasteiger charge is -2.42. The van der Waals surface area contributed by atoms with Gasteiger partial charge in [0.2, 0.25) is 0 Å². The van der Waals surface area contributed by atoms with Gasteiger partial charge in [-0.05, 0) is 33.1 Å². The molecule has 0 N–H and O–H groups in total. The quantitative estimate of drug-likeness (QED) is 0.388. The molecule has 0 atom stereocenters. The van der Waals surface area contributed by atoms with Crippen molar-refractivity contribution in [1.82, 2.24) is 0 Å². The molecule has 3 aromatic carbocycles. The monoisotopic (exact) mass is 430 g/mol. The maximum atomic E-state index is 11.6. The van der Waals surface area contributed by atoms with Crippen molar-refractivity contribution in [3.05, 3.63) is 102 Å². The fourth-order valence-electron chi connectivity index (χ4n) is 3.97. The summed E-state index contributed by atoms with van der Waals surface area (Å²) in [5.41, 5.74) is 1.56. The minimum atomic E-state index is -2.53. The molecule has 0 aliphatic rings. The topological polar surface area (TPSA) is 35.5 Å². The third-order valence-corrected chi connectivity index (χ3v) is 10.5. The number of hydrogen-bond donors (Lipinski definition) is 0. The van der Waals surface area contributed by atoms with E-state index in [0.717, 1.165) is 5.56 Å². The standard InChI is InChI=1S/C27H30O3Si/c1-27(2,3)31(24-13-7-5-8-14-24,25-15-9-6-10-16-25)30-21-11-12-22-17-19-23(20-18-22)26(28)29-4/h5-20H,21H2,1-4H3/b12-11+. The van der Waals surface area contributed by atoms with Crippen molar-refractivity contribution < 1.29 is 14.0 Å². The highest BCUT2D eigenvalue weighted by Gasteiger charge is 2.49. The molecular formula is C27H30O3Si. The van der Waals surface area contributed by atoms with Crippen molar-refractivity contribution in [2.24, 2.45) is 0 Å². The van der Waals surface area contributed by atoms with Crippen LogP contribution in [0.1, 0.15) is 36.7 Å². The van der Waals surface area contributed by atoms with Gasteiger partial charge in [-0.25, -0.2) is 4.79 Å². The molecule has 0 spiro atoms. The Hall–Kier alpha value is -2.95. The Balaban J connectivity index is 1.88. The molecule has 160 valence electrons. The van der Waals surface area contributed by atoms with Crippen LogP contribution < -0.4 is 10.4 Å². The Morgan fingerprint density at radius 1 is 0.839 bits per heavy atom. The van der Waals surface area contributed by atoms with Gasteiger partial charge in [-0.15, -0.1) is 0 Å². The Morgan fingerprint density at radius 2 is 1.35 bits per heavy atom. The molecule has 0 unspecified atom stereocenters. The zero-order valence-corrected chi connectivity index (χ0v) is 19.7. The summed E-state index contributed by atoms with van der Waals surface area (Å²) in [7, 11) is -1.14. The first-order chi connectivity index (χ1) is 14.9. The molecule has 3 nitrogen and oxygen atoms in total. The van der Waals surface area contributed by atoms with E-state index >= 15 is 0 Å². The van der Waals surface area contributed by atoms with Gasteiger partial charge in [0.1, 0.15) is 0 Å². The van der Waals surface area contributed by atoms with Crippen molar-refractivity contribution in [3.8, 4) is 0 Å². The zero-order valence-electron chi connectivity index (χ0n) is 18.7. The highest BCUT2D eigenvalue weighted by atomic mass is 28.4. The summed E-state index contributed by atoms with van der Waals surface area (Å²) >= 11 is 0. The van der Waals surface area contributed by atoms with Crippen molar-refractivity contribution in [3.63, 3.8) is 0 Å². The lowest BCUT2D eigenvalue weighted by molar-refractivity contribution is 0.0600. The van der Waals surface area contributed by atoms with Gasteiger partial charge < -0.3 is 9.16 Å². The first-order valence-corrected chi connectivity index (χ1v) is 12.4. The van der Waals surface area contributed by atoms with Crippen LogP contribution in [0, 0.1) is 0 Å². The second-order valence-electron chi connectivity index (χ2n) is 8.49. The van der Waals surface area contributed by atoms with Crippen LogP contribution in [0.4, 0.5) is 0 Å². The molecule has 0 amide bonds. The molecule has 4 heteroatoms. The van der Waals surface area contributed by atoms with Crippen LogP contribution in [-0.2, 0) is 9.16 Å². The second kappa shape index (κ2) is 9.90. The van der Waals surface area contributed by atoms with Gasteiger partial charge in [-0.2, -0.15) is 0 Å². The van der Waals surface area contributed by atoms with Crippen LogP contribution in [0.5, 0.6) is 0 Å². The van der Waals surface area contributed by atoms with Crippen molar-refractivity contribution in [2.75, 3.05) is 13.7 Å². The molecule has 0 bridgehead atoms. The lowest BCUT2D eigenvalue weighted by atomic mass is 10.1. The molecule has 0 heterocycles. The number of esters is 1. The van der Waals surface area contributed by atoms with E-state index in [1.165, 1.54) is 17.5 Å². The molecular weight excluding hydrogens is 400 g/mol. The second-order valence-corrected chi connectivity index (χ2v) is 12.8. The average Bonchev–Trinajstić information content (AvgIpc) is 2.79. The van der Waals surface area contributed by atoms with Crippen molar-refractivity contribution >= 4 is 30.7 Å². The van der Waals surface area contributed by atoms with Crippen LogP contribution in [-0.4, -0.2) is 28.0 Å². The Morgan fingerprint density at radius 3 is 1.81 bits per heavy atom. The number of carbonyl (C=O) groups excluding carboxylic acids is 1. The predicted octanol–water partition coefficient (Wildman–Crippen LogP) is 5.06. The SMILES string of the molecule is COC(=O)c1ccc(/C=C/CO[Si](c2ccccc2)(c2ccccc2)C(C)(C)C)cc1. The summed E-state index contributed by atoms with van der Waals surface area (Å²) in [6.07, 6.45) is 4.07. The Kier molecular flexibility index (Phi) is 7.26. The fourth-order valence-corrected chi connectivity index (χ4v) is 8.47. The third-order valence-electron chi connectivity index (χ3n) is 5.45. The largest absolute Gasteiger partial charge is 0.465 e. The van der Waals surface area contributed by atoms with Crippen molar-refractivity contribution in [2.45, 2.75) is 25.8 Å². The van der Waals surface area contributed by atoms with Gasteiger partial charge in [-0.3, -0.25) is 0 Å². The number of benzene rings is 3. The molecule has 0 aromatic heterocycles. The molecule has 0 fully saturated rings. The number of rotatable bonds is 7. The number of hydrogen-bond acceptors (Lipinski definition) is 3. The number of methoxy groups -OCH3 is 1. The summed E-state index contributed by atoms with van der Waals surface area (Å²) in [6.45, 7) is 7.32. The highest BCUT2D eigenvalue weighted by Crippen LogP contribution is 2.36. The molecule has 0 saturated heterocycles. The number of carbonyl (C=O) groups is 1. The van der Waals surface area contributed by atoms with Gasteiger partial charge in [0.25, 0.3) is 8.32 Å². The minimum Gasteiger partial charge on any atom is -0.465 e. The van der Waals surface area contributed by atoms with E-state index in [9.17, 15) is 4.79 Å². The first-order valence-electron chi connectivity index (χ1n) is 10.5. The lowest BCUT2D eigenvalue weighted by Crippen LogP contribution is -2.66. The molecule has 3 rings (SSSR count). The van der Waals surface area contributed by atoms with Gasteiger partial charge in [-0.1, -0.05) is 106 Å². The molecule has 0 aliphatic carbocycles. The van der Waals surface area contributed by atoms with E-state index in [0.29, 0.717) is 12.2 Å². The van der Waals surface area contributed by atoms with Crippen LogP contribution >= 0.6 is 0 Å². The van der Waals surface area contributed by atoms with Crippen LogP contribution in [0.15, 0.2) is 91.0 Å².